The first-order valence-electron chi connectivity index (χ1n) is 9.11. The second kappa shape index (κ2) is 8.36. The van der Waals surface area contributed by atoms with Gasteiger partial charge in [0.15, 0.2) is 0 Å². The molecule has 1 aromatic carbocycles. The maximum atomic E-state index is 13.4. The Morgan fingerprint density at radius 3 is 2.53 bits per heavy atom. The lowest BCUT2D eigenvalue weighted by Crippen LogP contribution is -2.60. The van der Waals surface area contributed by atoms with Crippen molar-refractivity contribution in [3.05, 3.63) is 51.2 Å². The maximum absolute atomic E-state index is 13.4. The molecule has 30 heavy (non-hydrogen) atoms. The van der Waals surface area contributed by atoms with Gasteiger partial charge in [-0.1, -0.05) is 0 Å². The number of nitriles is 1. The Kier molecular flexibility index (Phi) is 6.03. The Hall–Kier alpha value is -3.06. The topological polar surface area (TPSA) is 76.4 Å². The molecule has 1 unspecified atom stereocenters. The van der Waals surface area contributed by atoms with E-state index in [-0.39, 0.29) is 31.2 Å². The number of carbonyl (C=O) groups excluding carboxylic acids is 2. The summed E-state index contributed by atoms with van der Waals surface area (Å²) in [4.78, 5) is 29.9. The van der Waals surface area contributed by atoms with Crippen molar-refractivity contribution >= 4 is 28.8 Å². The van der Waals surface area contributed by atoms with E-state index in [2.05, 4.69) is 5.32 Å². The second-order valence-electron chi connectivity index (χ2n) is 6.82. The maximum Gasteiger partial charge on any atom is 0.417 e. The van der Waals surface area contributed by atoms with E-state index in [1.165, 1.54) is 29.4 Å². The molecule has 3 rings (SSSR count). The first kappa shape index (κ1) is 21.6. The molecule has 6 nitrogen and oxygen atoms in total. The molecule has 1 saturated heterocycles. The minimum absolute atomic E-state index is 0.0385. The number of anilines is 1. The van der Waals surface area contributed by atoms with Crippen LogP contribution in [-0.4, -0.2) is 49.4 Å². The van der Waals surface area contributed by atoms with E-state index >= 15 is 0 Å². The monoisotopic (exact) mass is 436 g/mol. The van der Waals surface area contributed by atoms with Gasteiger partial charge in [0.2, 0.25) is 5.91 Å². The molecule has 1 aromatic heterocycles. The molecule has 0 aliphatic carbocycles. The van der Waals surface area contributed by atoms with Crippen LogP contribution in [0, 0.1) is 18.3 Å². The van der Waals surface area contributed by atoms with Crippen molar-refractivity contribution in [1.82, 2.24) is 10.2 Å². The molecule has 10 heteroatoms. The minimum atomic E-state index is -4.70. The zero-order valence-electron chi connectivity index (χ0n) is 16.3. The number of hydrogen-bond acceptors (Lipinski definition) is 5. The third kappa shape index (κ3) is 4.26. The number of likely N-dealkylation sites (N-methyl/N-ethyl adjacent to an activating group) is 1. The Labute approximate surface area is 175 Å². The fourth-order valence-electron chi connectivity index (χ4n) is 3.42. The summed E-state index contributed by atoms with van der Waals surface area (Å²) in [6, 6.07) is 7.63. The number of thiophene rings is 1. The van der Waals surface area contributed by atoms with Crippen molar-refractivity contribution in [3.63, 3.8) is 0 Å². The van der Waals surface area contributed by atoms with Gasteiger partial charge in [0.05, 0.1) is 28.6 Å². The number of benzene rings is 1. The van der Waals surface area contributed by atoms with Crippen molar-refractivity contribution in [2.75, 3.05) is 31.6 Å². The highest BCUT2D eigenvalue weighted by Gasteiger charge is 2.38. The normalized spacial score (nSPS) is 16.9. The first-order chi connectivity index (χ1) is 14.2. The highest BCUT2D eigenvalue weighted by atomic mass is 32.1. The predicted molar refractivity (Wildman–Crippen MR) is 106 cm³/mol. The van der Waals surface area contributed by atoms with Crippen molar-refractivity contribution in [3.8, 4) is 6.07 Å². The molecule has 1 aliphatic rings. The SMILES string of the molecule is CNC(=O)C1CN(C(=O)c2ccc(C)s2)CCN1c1ccc(C#N)c(C(F)(F)F)c1. The molecule has 2 heterocycles. The van der Waals surface area contributed by atoms with Gasteiger partial charge in [-0.15, -0.1) is 11.3 Å². The molecule has 0 spiro atoms. The number of nitrogens with one attached hydrogen (secondary N) is 1. The van der Waals surface area contributed by atoms with Gasteiger partial charge < -0.3 is 15.1 Å². The summed E-state index contributed by atoms with van der Waals surface area (Å²) in [6.45, 7) is 2.36. The standard InChI is InChI=1S/C20H19F3N4O2S/c1-12-3-6-17(30-12)19(29)26-7-8-27(16(11-26)18(28)25-2)14-5-4-13(10-24)15(9-14)20(21,22)23/h3-6,9,16H,7-8,11H2,1-2H3,(H,25,28). The molecule has 1 atom stereocenters. The zero-order chi connectivity index (χ0) is 22.1. The Morgan fingerprint density at radius 1 is 1.23 bits per heavy atom. The summed E-state index contributed by atoms with van der Waals surface area (Å²) >= 11 is 1.35. The van der Waals surface area contributed by atoms with Gasteiger partial charge in [-0.3, -0.25) is 9.59 Å². The van der Waals surface area contributed by atoms with Crippen molar-refractivity contribution in [1.29, 1.82) is 5.26 Å². The van der Waals surface area contributed by atoms with Crippen LogP contribution >= 0.6 is 11.3 Å². The van der Waals surface area contributed by atoms with Crippen molar-refractivity contribution in [2.24, 2.45) is 0 Å². The fourth-order valence-corrected chi connectivity index (χ4v) is 4.25. The molecular weight excluding hydrogens is 417 g/mol. The fraction of sp³-hybridized carbons (Fsp3) is 0.350. The van der Waals surface area contributed by atoms with Gasteiger partial charge in [0.25, 0.3) is 5.91 Å². The van der Waals surface area contributed by atoms with Gasteiger partial charge in [0.1, 0.15) is 6.04 Å². The lowest BCUT2D eigenvalue weighted by molar-refractivity contribution is -0.137. The van der Waals surface area contributed by atoms with Crippen molar-refractivity contribution < 1.29 is 22.8 Å². The number of piperazine rings is 1. The van der Waals surface area contributed by atoms with Crippen molar-refractivity contribution in [2.45, 2.75) is 19.1 Å². The Balaban J connectivity index is 1.92. The van der Waals surface area contributed by atoms with Gasteiger partial charge >= 0.3 is 6.18 Å². The third-order valence-electron chi connectivity index (χ3n) is 4.93. The van der Waals surface area contributed by atoms with E-state index in [1.807, 2.05) is 13.0 Å². The van der Waals surface area contributed by atoms with E-state index in [9.17, 15) is 22.8 Å². The summed E-state index contributed by atoms with van der Waals surface area (Å²) in [7, 11) is 1.43. The quantitative estimate of drug-likeness (QED) is 0.803. The van der Waals surface area contributed by atoms with Crippen LogP contribution in [-0.2, 0) is 11.0 Å². The van der Waals surface area contributed by atoms with Crippen LogP contribution in [0.5, 0.6) is 0 Å². The molecule has 0 radical (unpaired) electrons. The minimum Gasteiger partial charge on any atom is -0.357 e. The average molecular weight is 436 g/mol. The van der Waals surface area contributed by atoms with Crippen LogP contribution in [0.3, 0.4) is 0 Å². The molecular formula is C20H19F3N4O2S. The van der Waals surface area contributed by atoms with Crippen LogP contribution in [0.25, 0.3) is 0 Å². The first-order valence-corrected chi connectivity index (χ1v) is 9.92. The lowest BCUT2D eigenvalue weighted by Gasteiger charge is -2.41. The van der Waals surface area contributed by atoms with E-state index in [1.54, 1.807) is 17.0 Å². The number of carbonyl (C=O) groups is 2. The summed E-state index contributed by atoms with van der Waals surface area (Å²) in [5.41, 5.74) is -1.36. The lowest BCUT2D eigenvalue weighted by atomic mass is 10.0. The number of amides is 2. The van der Waals surface area contributed by atoms with E-state index in [4.69, 9.17) is 5.26 Å². The highest BCUT2D eigenvalue weighted by molar-refractivity contribution is 7.13. The number of halogens is 3. The van der Waals surface area contributed by atoms with Gasteiger partial charge in [-0.05, 0) is 37.3 Å². The molecule has 1 fully saturated rings. The number of alkyl halides is 3. The van der Waals surface area contributed by atoms with Gasteiger partial charge in [-0.25, -0.2) is 0 Å². The zero-order valence-corrected chi connectivity index (χ0v) is 17.1. The molecule has 158 valence electrons. The summed E-state index contributed by atoms with van der Waals surface area (Å²) in [5.74, 6) is -0.620. The largest absolute Gasteiger partial charge is 0.417 e. The molecule has 0 bridgehead atoms. The Morgan fingerprint density at radius 2 is 1.97 bits per heavy atom. The van der Waals surface area contributed by atoms with Crippen LogP contribution < -0.4 is 10.2 Å². The van der Waals surface area contributed by atoms with Crippen LogP contribution in [0.1, 0.15) is 25.7 Å². The van der Waals surface area contributed by atoms with E-state index in [0.29, 0.717) is 4.88 Å². The van der Waals surface area contributed by atoms with E-state index in [0.717, 1.165) is 17.0 Å². The number of aryl methyl sites for hydroxylation is 1. The van der Waals surface area contributed by atoms with Gasteiger partial charge in [0, 0.05) is 30.7 Å². The molecule has 2 aromatic rings. The van der Waals surface area contributed by atoms with Crippen LogP contribution in [0.4, 0.5) is 18.9 Å². The molecule has 1 aliphatic heterocycles. The number of hydrogen-bond donors (Lipinski definition) is 1. The third-order valence-corrected chi connectivity index (χ3v) is 5.92. The van der Waals surface area contributed by atoms with Crippen LogP contribution in [0.15, 0.2) is 30.3 Å². The Bertz CT molecular complexity index is 1010. The molecule has 0 saturated carbocycles. The smallest absolute Gasteiger partial charge is 0.357 e. The average Bonchev–Trinajstić information content (AvgIpc) is 3.17. The van der Waals surface area contributed by atoms with Crippen LogP contribution in [0.2, 0.25) is 0 Å². The summed E-state index contributed by atoms with van der Waals surface area (Å²) < 4.78 is 40.1. The number of rotatable bonds is 3. The number of nitrogens with zero attached hydrogens (tertiary/aromatic N) is 3. The predicted octanol–water partition coefficient (Wildman–Crippen LogP) is 3.02. The van der Waals surface area contributed by atoms with E-state index < -0.39 is 29.3 Å². The van der Waals surface area contributed by atoms with Gasteiger partial charge in [-0.2, -0.15) is 18.4 Å². The molecule has 2 amide bonds. The summed E-state index contributed by atoms with van der Waals surface area (Å²) in [5, 5.41) is 11.5. The highest BCUT2D eigenvalue weighted by Crippen LogP contribution is 2.35. The second-order valence-corrected chi connectivity index (χ2v) is 8.11. The molecule has 1 N–H and O–H groups in total. The summed E-state index contributed by atoms with van der Waals surface area (Å²) in [6.07, 6.45) is -4.70.